The summed E-state index contributed by atoms with van der Waals surface area (Å²) >= 11 is 0. The van der Waals surface area contributed by atoms with E-state index < -0.39 is 0 Å². The van der Waals surface area contributed by atoms with Crippen molar-refractivity contribution >= 4 is 29.9 Å². The minimum atomic E-state index is 0. The predicted octanol–water partition coefficient (Wildman–Crippen LogP) is 2.89. The first-order valence-corrected chi connectivity index (χ1v) is 9.45. The van der Waals surface area contributed by atoms with Gasteiger partial charge < -0.3 is 20.3 Å². The average molecular weight is 475 g/mol. The summed E-state index contributed by atoms with van der Waals surface area (Å²) in [6.45, 7) is 10.4. The fourth-order valence-corrected chi connectivity index (χ4v) is 2.96. The zero-order valence-electron chi connectivity index (χ0n) is 16.3. The van der Waals surface area contributed by atoms with Crippen molar-refractivity contribution < 1.29 is 4.74 Å². The van der Waals surface area contributed by atoms with Gasteiger partial charge in [0.1, 0.15) is 0 Å². The zero-order valence-corrected chi connectivity index (χ0v) is 18.7. The summed E-state index contributed by atoms with van der Waals surface area (Å²) in [6.07, 6.45) is 3.81. The summed E-state index contributed by atoms with van der Waals surface area (Å²) in [5.74, 6) is 2.37. The number of guanidine groups is 1. The van der Waals surface area contributed by atoms with Crippen molar-refractivity contribution in [3.63, 3.8) is 0 Å². The van der Waals surface area contributed by atoms with E-state index in [0.717, 1.165) is 43.6 Å². The molecule has 1 aromatic rings. The van der Waals surface area contributed by atoms with Crippen molar-refractivity contribution in [3.05, 3.63) is 23.9 Å². The van der Waals surface area contributed by atoms with Crippen LogP contribution in [0.2, 0.25) is 0 Å². The van der Waals surface area contributed by atoms with Crippen molar-refractivity contribution in [2.45, 2.75) is 39.7 Å². The molecule has 0 saturated carbocycles. The number of rotatable bonds is 8. The maximum atomic E-state index is 5.16. The molecular weight excluding hydrogens is 441 g/mol. The first kappa shape index (κ1) is 23.0. The van der Waals surface area contributed by atoms with E-state index in [9.17, 15) is 0 Å². The Balaban J connectivity index is 0.00000338. The van der Waals surface area contributed by atoms with Crippen LogP contribution in [-0.2, 0) is 6.54 Å². The fraction of sp³-hybridized carbons (Fsp3) is 0.684. The Morgan fingerprint density at radius 3 is 2.77 bits per heavy atom. The van der Waals surface area contributed by atoms with E-state index in [2.05, 4.69) is 39.4 Å². The topological polar surface area (TPSA) is 61.8 Å². The van der Waals surface area contributed by atoms with Gasteiger partial charge in [-0.25, -0.2) is 9.98 Å². The van der Waals surface area contributed by atoms with Crippen molar-refractivity contribution in [2.75, 3.05) is 39.8 Å². The summed E-state index contributed by atoms with van der Waals surface area (Å²) in [4.78, 5) is 11.6. The highest BCUT2D eigenvalue weighted by atomic mass is 127. The van der Waals surface area contributed by atoms with Gasteiger partial charge in [0, 0.05) is 19.2 Å². The van der Waals surface area contributed by atoms with Crippen molar-refractivity contribution in [1.82, 2.24) is 20.5 Å². The molecule has 0 unspecified atom stereocenters. The number of aliphatic imine (C=N–C) groups is 1. The molecule has 1 saturated heterocycles. The first-order valence-electron chi connectivity index (χ1n) is 9.45. The van der Waals surface area contributed by atoms with Gasteiger partial charge in [-0.05, 0) is 57.8 Å². The fourth-order valence-electron chi connectivity index (χ4n) is 2.96. The lowest BCUT2D eigenvalue weighted by atomic mass is 9.99. The molecule has 2 heterocycles. The van der Waals surface area contributed by atoms with Crippen LogP contribution in [0.3, 0.4) is 0 Å². The van der Waals surface area contributed by atoms with E-state index in [4.69, 9.17) is 4.74 Å². The van der Waals surface area contributed by atoms with Crippen LogP contribution in [0.25, 0.3) is 0 Å². The molecule has 0 aliphatic carbocycles. The van der Waals surface area contributed by atoms with Gasteiger partial charge in [-0.3, -0.25) is 0 Å². The summed E-state index contributed by atoms with van der Waals surface area (Å²) in [7, 11) is 1.63. The van der Waals surface area contributed by atoms with E-state index in [1.165, 1.54) is 25.9 Å². The SMILES string of the molecule is CCNC(=NCc1cccc(OC)n1)NCCCN1CCC(C)CC1.I. The Labute approximate surface area is 175 Å². The van der Waals surface area contributed by atoms with Gasteiger partial charge in [0.2, 0.25) is 5.88 Å². The van der Waals surface area contributed by atoms with Crippen LogP contribution in [0.15, 0.2) is 23.2 Å². The van der Waals surface area contributed by atoms with Crippen molar-refractivity contribution in [3.8, 4) is 5.88 Å². The number of methoxy groups -OCH3 is 1. The van der Waals surface area contributed by atoms with Gasteiger partial charge in [-0.15, -0.1) is 24.0 Å². The van der Waals surface area contributed by atoms with E-state index in [1.807, 2.05) is 18.2 Å². The third-order valence-electron chi connectivity index (χ3n) is 4.55. The van der Waals surface area contributed by atoms with Gasteiger partial charge in [0.25, 0.3) is 0 Å². The minimum Gasteiger partial charge on any atom is -0.481 e. The Morgan fingerprint density at radius 1 is 1.31 bits per heavy atom. The number of hydrogen-bond acceptors (Lipinski definition) is 4. The minimum absolute atomic E-state index is 0. The number of likely N-dealkylation sites (tertiary alicyclic amines) is 1. The lowest BCUT2D eigenvalue weighted by Gasteiger charge is -2.30. The normalized spacial score (nSPS) is 16.0. The highest BCUT2D eigenvalue weighted by Gasteiger charge is 2.14. The van der Waals surface area contributed by atoms with Crippen LogP contribution >= 0.6 is 24.0 Å². The molecule has 6 nitrogen and oxygen atoms in total. The number of hydrogen-bond donors (Lipinski definition) is 2. The number of nitrogens with zero attached hydrogens (tertiary/aromatic N) is 3. The zero-order chi connectivity index (χ0) is 17.9. The molecule has 0 atom stereocenters. The maximum absolute atomic E-state index is 5.16. The number of nitrogens with one attached hydrogen (secondary N) is 2. The smallest absolute Gasteiger partial charge is 0.213 e. The lowest BCUT2D eigenvalue weighted by Crippen LogP contribution is -2.39. The second kappa shape index (κ2) is 13.1. The number of ether oxygens (including phenoxy) is 1. The molecule has 0 bridgehead atoms. The van der Waals surface area contributed by atoms with Crippen molar-refractivity contribution in [1.29, 1.82) is 0 Å². The largest absolute Gasteiger partial charge is 0.481 e. The van der Waals surface area contributed by atoms with E-state index in [-0.39, 0.29) is 24.0 Å². The van der Waals surface area contributed by atoms with Crippen LogP contribution in [-0.4, -0.2) is 55.7 Å². The summed E-state index contributed by atoms with van der Waals surface area (Å²) in [6, 6.07) is 5.75. The molecule has 0 radical (unpaired) electrons. The van der Waals surface area contributed by atoms with Crippen LogP contribution < -0.4 is 15.4 Å². The van der Waals surface area contributed by atoms with Gasteiger partial charge in [0.15, 0.2) is 5.96 Å². The van der Waals surface area contributed by atoms with Crippen LogP contribution in [0.5, 0.6) is 5.88 Å². The van der Waals surface area contributed by atoms with Crippen LogP contribution in [0.1, 0.15) is 38.8 Å². The van der Waals surface area contributed by atoms with E-state index in [0.29, 0.717) is 12.4 Å². The molecule has 1 fully saturated rings. The van der Waals surface area contributed by atoms with Gasteiger partial charge >= 0.3 is 0 Å². The van der Waals surface area contributed by atoms with E-state index >= 15 is 0 Å². The molecule has 0 spiro atoms. The maximum Gasteiger partial charge on any atom is 0.213 e. The molecule has 26 heavy (non-hydrogen) atoms. The lowest BCUT2D eigenvalue weighted by molar-refractivity contribution is 0.191. The summed E-state index contributed by atoms with van der Waals surface area (Å²) < 4.78 is 5.16. The Morgan fingerprint density at radius 2 is 2.08 bits per heavy atom. The predicted molar refractivity (Wildman–Crippen MR) is 118 cm³/mol. The monoisotopic (exact) mass is 475 g/mol. The number of piperidine rings is 1. The Hall–Kier alpha value is -1.09. The molecule has 2 rings (SSSR count). The van der Waals surface area contributed by atoms with E-state index in [1.54, 1.807) is 7.11 Å². The number of aromatic nitrogens is 1. The molecule has 2 N–H and O–H groups in total. The molecule has 0 amide bonds. The number of halogens is 1. The Kier molecular flexibility index (Phi) is 11.6. The second-order valence-corrected chi connectivity index (χ2v) is 6.67. The molecule has 0 aromatic carbocycles. The quantitative estimate of drug-likeness (QED) is 0.262. The summed E-state index contributed by atoms with van der Waals surface area (Å²) in [5.41, 5.74) is 0.902. The van der Waals surface area contributed by atoms with Crippen molar-refractivity contribution in [2.24, 2.45) is 10.9 Å². The molecular formula is C19H34IN5O. The van der Waals surface area contributed by atoms with Crippen LogP contribution in [0, 0.1) is 5.92 Å². The molecule has 1 aliphatic rings. The molecule has 1 aliphatic heterocycles. The molecule has 1 aromatic heterocycles. The second-order valence-electron chi connectivity index (χ2n) is 6.67. The standard InChI is InChI=1S/C19H33N5O.HI/c1-4-20-19(22-15-17-7-5-8-18(23-17)25-3)21-11-6-12-24-13-9-16(2)10-14-24;/h5,7-8,16H,4,6,9-15H2,1-3H3,(H2,20,21,22);1H. The summed E-state index contributed by atoms with van der Waals surface area (Å²) in [5, 5.41) is 6.71. The van der Waals surface area contributed by atoms with Crippen LogP contribution in [0.4, 0.5) is 0 Å². The molecule has 148 valence electrons. The Bertz CT molecular complexity index is 532. The van der Waals surface area contributed by atoms with Gasteiger partial charge in [-0.2, -0.15) is 0 Å². The average Bonchev–Trinajstić information content (AvgIpc) is 2.64. The van der Waals surface area contributed by atoms with Gasteiger partial charge in [-0.1, -0.05) is 13.0 Å². The highest BCUT2D eigenvalue weighted by Crippen LogP contribution is 2.15. The molecule has 7 heteroatoms. The number of pyridine rings is 1. The third-order valence-corrected chi connectivity index (χ3v) is 4.55. The van der Waals surface area contributed by atoms with Gasteiger partial charge in [0.05, 0.1) is 19.3 Å². The first-order chi connectivity index (χ1) is 12.2. The third kappa shape index (κ3) is 8.53. The highest BCUT2D eigenvalue weighted by molar-refractivity contribution is 14.0.